The Morgan fingerprint density at radius 2 is 1.76 bits per heavy atom. The molecule has 0 saturated heterocycles. The van der Waals surface area contributed by atoms with Crippen LogP contribution in [0.1, 0.15) is 18.7 Å². The van der Waals surface area contributed by atoms with Crippen molar-refractivity contribution in [3.8, 4) is 22.3 Å². The van der Waals surface area contributed by atoms with Crippen LogP contribution in [0.2, 0.25) is 0 Å². The predicted octanol–water partition coefficient (Wildman–Crippen LogP) is 3.54. The largest absolute Gasteiger partial charge is 0.378 e. The summed E-state index contributed by atoms with van der Waals surface area (Å²) in [6.07, 6.45) is 0. The Labute approximate surface area is 106 Å². The zero-order valence-corrected chi connectivity index (χ0v) is 10.7. The Morgan fingerprint density at radius 1 is 1.06 bits per heavy atom. The molecule has 0 saturated carbocycles. The lowest BCUT2D eigenvalue weighted by molar-refractivity contribution is 0.143. The first-order valence-corrected chi connectivity index (χ1v) is 6.27. The van der Waals surface area contributed by atoms with Crippen molar-refractivity contribution in [3.63, 3.8) is 0 Å². The van der Waals surface area contributed by atoms with E-state index in [1.807, 2.05) is 24.3 Å². The molecule has 2 aromatic rings. The smallest absolute Gasteiger partial charge is 0.120 e. The maximum Gasteiger partial charge on any atom is 0.120 e. The van der Waals surface area contributed by atoms with Gasteiger partial charge >= 0.3 is 0 Å². The third-order valence-electron chi connectivity index (χ3n) is 2.16. The van der Waals surface area contributed by atoms with Gasteiger partial charge in [-0.15, -0.1) is 11.3 Å². The Hall–Kier alpha value is -1.56. The van der Waals surface area contributed by atoms with Crippen LogP contribution in [-0.2, 0) is 0 Å². The average molecular weight is 242 g/mol. The van der Waals surface area contributed by atoms with Gasteiger partial charge in [-0.3, -0.25) is 0 Å². The molecule has 1 aromatic heterocycles. The fraction of sp³-hybridized carbons (Fsp3) is 0.200. The molecule has 0 unspecified atom stereocenters. The van der Waals surface area contributed by atoms with Crippen molar-refractivity contribution >= 4 is 11.3 Å². The van der Waals surface area contributed by atoms with Crippen LogP contribution in [0.25, 0.3) is 10.4 Å². The van der Waals surface area contributed by atoms with Crippen LogP contribution in [0.15, 0.2) is 42.5 Å². The summed E-state index contributed by atoms with van der Waals surface area (Å²) in [4.78, 5) is 2.18. The molecule has 0 aliphatic carbocycles. The van der Waals surface area contributed by atoms with Crippen molar-refractivity contribution in [2.45, 2.75) is 19.4 Å². The molecule has 1 N–H and O–H groups in total. The maximum atomic E-state index is 9.53. The molecule has 1 nitrogen and oxygen atoms in total. The van der Waals surface area contributed by atoms with E-state index in [9.17, 15) is 5.11 Å². The second-order valence-electron chi connectivity index (χ2n) is 4.34. The van der Waals surface area contributed by atoms with Gasteiger partial charge in [0, 0.05) is 4.88 Å². The van der Waals surface area contributed by atoms with Crippen molar-refractivity contribution < 1.29 is 5.11 Å². The summed E-state index contributed by atoms with van der Waals surface area (Å²) in [5.74, 6) is 5.81. The molecular weight excluding hydrogens is 228 g/mol. The topological polar surface area (TPSA) is 20.2 Å². The summed E-state index contributed by atoms with van der Waals surface area (Å²) in [7, 11) is 0. The predicted molar refractivity (Wildman–Crippen MR) is 72.9 cm³/mol. The Balaban J connectivity index is 2.25. The minimum absolute atomic E-state index is 0.934. The molecule has 1 aromatic carbocycles. The van der Waals surface area contributed by atoms with Gasteiger partial charge < -0.3 is 5.11 Å². The van der Waals surface area contributed by atoms with Crippen molar-refractivity contribution in [2.24, 2.45) is 0 Å². The lowest BCUT2D eigenvalue weighted by atomic mass is 10.1. The molecule has 17 heavy (non-hydrogen) atoms. The molecule has 0 aliphatic rings. The number of rotatable bonds is 1. The van der Waals surface area contributed by atoms with E-state index < -0.39 is 5.60 Å². The quantitative estimate of drug-likeness (QED) is 0.758. The molecule has 0 atom stereocenters. The highest BCUT2D eigenvalue weighted by molar-refractivity contribution is 7.16. The van der Waals surface area contributed by atoms with E-state index >= 15 is 0 Å². The van der Waals surface area contributed by atoms with Crippen molar-refractivity contribution in [3.05, 3.63) is 47.3 Å². The Bertz CT molecular complexity index is 550. The highest BCUT2D eigenvalue weighted by Crippen LogP contribution is 2.27. The first-order chi connectivity index (χ1) is 8.04. The van der Waals surface area contributed by atoms with E-state index in [2.05, 4.69) is 30.0 Å². The Morgan fingerprint density at radius 3 is 2.41 bits per heavy atom. The number of hydrogen-bond acceptors (Lipinski definition) is 2. The number of aliphatic hydroxyl groups is 1. The van der Waals surface area contributed by atoms with Gasteiger partial charge in [-0.25, -0.2) is 0 Å². The average Bonchev–Trinajstić information content (AvgIpc) is 2.75. The minimum Gasteiger partial charge on any atom is -0.378 e. The first kappa shape index (κ1) is 11.9. The molecular formula is C15H14OS. The molecule has 0 fully saturated rings. The summed E-state index contributed by atoms with van der Waals surface area (Å²) in [5, 5.41) is 9.53. The summed E-state index contributed by atoms with van der Waals surface area (Å²) in [5.41, 5.74) is 0.269. The van der Waals surface area contributed by atoms with E-state index in [-0.39, 0.29) is 0 Å². The minimum atomic E-state index is -0.934. The normalized spacial score (nSPS) is 10.8. The molecule has 0 amide bonds. The summed E-state index contributed by atoms with van der Waals surface area (Å²) in [6, 6.07) is 14.3. The second-order valence-corrected chi connectivity index (χ2v) is 5.42. The van der Waals surface area contributed by atoms with Crippen LogP contribution >= 0.6 is 11.3 Å². The fourth-order valence-corrected chi connectivity index (χ4v) is 2.24. The molecule has 0 radical (unpaired) electrons. The number of hydrogen-bond donors (Lipinski definition) is 1. The summed E-state index contributed by atoms with van der Waals surface area (Å²) >= 11 is 1.64. The molecule has 2 heteroatoms. The molecule has 86 valence electrons. The number of benzene rings is 1. The van der Waals surface area contributed by atoms with E-state index in [0.717, 1.165) is 4.88 Å². The van der Waals surface area contributed by atoms with E-state index in [1.165, 1.54) is 10.4 Å². The molecule has 1 heterocycles. The van der Waals surface area contributed by atoms with Crippen LogP contribution in [0, 0.1) is 11.8 Å². The zero-order chi connectivity index (χ0) is 12.3. The third-order valence-corrected chi connectivity index (χ3v) is 3.21. The van der Waals surface area contributed by atoms with Gasteiger partial charge in [0.1, 0.15) is 5.60 Å². The van der Waals surface area contributed by atoms with Gasteiger partial charge in [0.15, 0.2) is 0 Å². The molecule has 2 rings (SSSR count). The second kappa shape index (κ2) is 4.75. The third kappa shape index (κ3) is 3.45. The van der Waals surface area contributed by atoms with Gasteiger partial charge in [0.05, 0.1) is 4.88 Å². The summed E-state index contributed by atoms with van der Waals surface area (Å²) < 4.78 is 0. The summed E-state index contributed by atoms with van der Waals surface area (Å²) in [6.45, 7) is 3.37. The van der Waals surface area contributed by atoms with Crippen LogP contribution < -0.4 is 0 Å². The van der Waals surface area contributed by atoms with Gasteiger partial charge in [0.2, 0.25) is 0 Å². The Kier molecular flexibility index (Phi) is 3.33. The van der Waals surface area contributed by atoms with E-state index in [4.69, 9.17) is 0 Å². The molecule has 0 aliphatic heterocycles. The van der Waals surface area contributed by atoms with Crippen molar-refractivity contribution in [2.75, 3.05) is 0 Å². The number of thiophene rings is 1. The fourth-order valence-electron chi connectivity index (χ4n) is 1.38. The van der Waals surface area contributed by atoms with Gasteiger partial charge in [-0.1, -0.05) is 42.2 Å². The van der Waals surface area contributed by atoms with E-state index in [1.54, 1.807) is 25.2 Å². The maximum absolute atomic E-state index is 9.53. The van der Waals surface area contributed by atoms with Crippen LogP contribution in [0.5, 0.6) is 0 Å². The standard InChI is InChI=1S/C15H14OS/c1-15(2,16)11-10-13-8-9-14(17-13)12-6-4-3-5-7-12/h3-9,16H,1-2H3. The van der Waals surface area contributed by atoms with Crippen LogP contribution in [0.4, 0.5) is 0 Å². The van der Waals surface area contributed by atoms with Gasteiger partial charge in [0.25, 0.3) is 0 Å². The van der Waals surface area contributed by atoms with Crippen LogP contribution in [0.3, 0.4) is 0 Å². The lowest BCUT2D eigenvalue weighted by Gasteiger charge is -2.05. The first-order valence-electron chi connectivity index (χ1n) is 5.45. The zero-order valence-electron chi connectivity index (χ0n) is 9.90. The molecule has 0 spiro atoms. The lowest BCUT2D eigenvalue weighted by Crippen LogP contribution is -2.14. The van der Waals surface area contributed by atoms with Gasteiger partial charge in [-0.2, -0.15) is 0 Å². The van der Waals surface area contributed by atoms with Crippen molar-refractivity contribution in [1.29, 1.82) is 0 Å². The van der Waals surface area contributed by atoms with Gasteiger partial charge in [-0.05, 0) is 31.5 Å². The highest BCUT2D eigenvalue weighted by Gasteiger charge is 2.06. The van der Waals surface area contributed by atoms with Crippen molar-refractivity contribution in [1.82, 2.24) is 0 Å². The molecule has 0 bridgehead atoms. The monoisotopic (exact) mass is 242 g/mol. The highest BCUT2D eigenvalue weighted by atomic mass is 32.1. The van der Waals surface area contributed by atoms with E-state index in [0.29, 0.717) is 0 Å². The SMILES string of the molecule is CC(C)(O)C#Cc1ccc(-c2ccccc2)s1. The van der Waals surface area contributed by atoms with Crippen LogP contribution in [-0.4, -0.2) is 10.7 Å².